The Kier molecular flexibility index (Phi) is 2.89. The topological polar surface area (TPSA) is 47.4 Å². The lowest BCUT2D eigenvalue weighted by Crippen LogP contribution is -2.37. The molecule has 0 atom stereocenters. The summed E-state index contributed by atoms with van der Waals surface area (Å²) in [6, 6.07) is 0. The maximum absolute atomic E-state index is 11.6. The van der Waals surface area contributed by atoms with Crippen molar-refractivity contribution in [3.05, 3.63) is 12.4 Å². The standard InChI is InChI=1S/C10H15N3O2/c1-12-8-9(7-11-12)15-10(14)13-5-3-2-4-6-13/h7-8H,2-6H2,1H3. The molecular weight excluding hydrogens is 194 g/mol. The van der Waals surface area contributed by atoms with Crippen LogP contribution < -0.4 is 4.74 Å². The van der Waals surface area contributed by atoms with Crippen molar-refractivity contribution >= 4 is 6.09 Å². The molecule has 1 aromatic rings. The molecule has 5 heteroatoms. The Morgan fingerprint density at radius 3 is 2.73 bits per heavy atom. The molecule has 1 aromatic heterocycles. The summed E-state index contributed by atoms with van der Waals surface area (Å²) in [5, 5.41) is 3.94. The Hall–Kier alpha value is -1.52. The van der Waals surface area contributed by atoms with Gasteiger partial charge in [-0.25, -0.2) is 4.79 Å². The molecule has 0 N–H and O–H groups in total. The lowest BCUT2D eigenvalue weighted by atomic mass is 10.1. The maximum Gasteiger partial charge on any atom is 0.415 e. The van der Waals surface area contributed by atoms with Crippen LogP contribution in [0, 0.1) is 0 Å². The minimum absolute atomic E-state index is 0.261. The SMILES string of the molecule is Cn1cc(OC(=O)N2CCCCC2)cn1. The van der Waals surface area contributed by atoms with E-state index in [0.717, 1.165) is 25.9 Å². The van der Waals surface area contributed by atoms with Crippen LogP contribution in [0.3, 0.4) is 0 Å². The van der Waals surface area contributed by atoms with Crippen molar-refractivity contribution in [1.29, 1.82) is 0 Å². The third kappa shape index (κ3) is 2.49. The molecule has 1 aliphatic heterocycles. The molecule has 1 aliphatic rings. The van der Waals surface area contributed by atoms with E-state index in [4.69, 9.17) is 4.74 Å². The van der Waals surface area contributed by atoms with Crippen molar-refractivity contribution in [3.8, 4) is 5.75 Å². The number of carbonyl (C=O) groups excluding carboxylic acids is 1. The first-order valence-electron chi connectivity index (χ1n) is 5.21. The van der Waals surface area contributed by atoms with Gasteiger partial charge in [0.05, 0.1) is 12.4 Å². The van der Waals surface area contributed by atoms with E-state index < -0.39 is 0 Å². The predicted octanol–water partition coefficient (Wildman–Crippen LogP) is 1.40. The van der Waals surface area contributed by atoms with Crippen molar-refractivity contribution in [1.82, 2.24) is 14.7 Å². The first-order valence-corrected chi connectivity index (χ1v) is 5.21. The summed E-state index contributed by atoms with van der Waals surface area (Å²) >= 11 is 0. The molecule has 0 unspecified atom stereocenters. The number of carbonyl (C=O) groups is 1. The Morgan fingerprint density at radius 1 is 1.40 bits per heavy atom. The fourth-order valence-electron chi connectivity index (χ4n) is 1.69. The Morgan fingerprint density at radius 2 is 2.13 bits per heavy atom. The summed E-state index contributed by atoms with van der Waals surface area (Å²) in [7, 11) is 1.79. The second kappa shape index (κ2) is 4.33. The zero-order valence-electron chi connectivity index (χ0n) is 8.85. The molecule has 5 nitrogen and oxygen atoms in total. The first-order chi connectivity index (χ1) is 7.25. The third-order valence-electron chi connectivity index (χ3n) is 2.50. The number of aryl methyl sites for hydroxylation is 1. The van der Waals surface area contributed by atoms with E-state index in [1.54, 1.807) is 29.0 Å². The summed E-state index contributed by atoms with van der Waals surface area (Å²) in [4.78, 5) is 13.4. The largest absolute Gasteiger partial charge is 0.415 e. The van der Waals surface area contributed by atoms with Crippen LogP contribution in [0.5, 0.6) is 5.75 Å². The highest BCUT2D eigenvalue weighted by Crippen LogP contribution is 2.13. The van der Waals surface area contributed by atoms with Crippen LogP contribution in [0.1, 0.15) is 19.3 Å². The van der Waals surface area contributed by atoms with Crippen molar-refractivity contribution in [2.75, 3.05) is 13.1 Å². The van der Waals surface area contributed by atoms with E-state index in [1.165, 1.54) is 6.42 Å². The molecule has 1 fully saturated rings. The lowest BCUT2D eigenvalue weighted by molar-refractivity contribution is 0.142. The van der Waals surface area contributed by atoms with E-state index in [-0.39, 0.29) is 6.09 Å². The fraction of sp³-hybridized carbons (Fsp3) is 0.600. The molecule has 0 aliphatic carbocycles. The molecule has 0 spiro atoms. The van der Waals surface area contributed by atoms with E-state index in [0.29, 0.717) is 5.75 Å². The first kappa shape index (κ1) is 10.0. The molecule has 0 saturated carbocycles. The van der Waals surface area contributed by atoms with Crippen molar-refractivity contribution in [3.63, 3.8) is 0 Å². The van der Waals surface area contributed by atoms with Gasteiger partial charge in [0.15, 0.2) is 5.75 Å². The molecule has 0 bridgehead atoms. The van der Waals surface area contributed by atoms with Crippen molar-refractivity contribution in [2.24, 2.45) is 7.05 Å². The summed E-state index contributed by atoms with van der Waals surface area (Å²) in [5.74, 6) is 0.507. The minimum Gasteiger partial charge on any atom is -0.407 e. The van der Waals surface area contributed by atoms with Gasteiger partial charge in [-0.15, -0.1) is 0 Å². The van der Waals surface area contributed by atoms with E-state index >= 15 is 0 Å². The Balaban J connectivity index is 1.91. The number of hydrogen-bond donors (Lipinski definition) is 0. The quantitative estimate of drug-likeness (QED) is 0.702. The third-order valence-corrected chi connectivity index (χ3v) is 2.50. The van der Waals surface area contributed by atoms with Gasteiger partial charge in [-0.3, -0.25) is 4.68 Å². The smallest absolute Gasteiger partial charge is 0.407 e. The summed E-state index contributed by atoms with van der Waals surface area (Å²) < 4.78 is 6.79. The second-order valence-electron chi connectivity index (χ2n) is 3.77. The zero-order chi connectivity index (χ0) is 10.7. The normalized spacial score (nSPS) is 16.5. The molecular formula is C10H15N3O2. The number of rotatable bonds is 1. The summed E-state index contributed by atoms with van der Waals surface area (Å²) in [6.07, 6.45) is 6.31. The number of nitrogens with zero attached hydrogens (tertiary/aromatic N) is 3. The number of likely N-dealkylation sites (tertiary alicyclic amines) is 1. The van der Waals surface area contributed by atoms with Crippen LogP contribution in [0.15, 0.2) is 12.4 Å². The van der Waals surface area contributed by atoms with Gasteiger partial charge in [-0.1, -0.05) is 0 Å². The molecule has 2 rings (SSSR count). The average Bonchev–Trinajstić information content (AvgIpc) is 2.65. The van der Waals surface area contributed by atoms with Crippen LogP contribution in [-0.4, -0.2) is 33.9 Å². The minimum atomic E-state index is -0.261. The predicted molar refractivity (Wildman–Crippen MR) is 54.7 cm³/mol. The van der Waals surface area contributed by atoms with Crippen LogP contribution in [0.25, 0.3) is 0 Å². The van der Waals surface area contributed by atoms with Gasteiger partial charge < -0.3 is 9.64 Å². The Labute approximate surface area is 88.6 Å². The number of piperidine rings is 1. The van der Waals surface area contributed by atoms with Gasteiger partial charge in [-0.2, -0.15) is 5.10 Å². The van der Waals surface area contributed by atoms with Crippen molar-refractivity contribution in [2.45, 2.75) is 19.3 Å². The van der Waals surface area contributed by atoms with Gasteiger partial charge >= 0.3 is 6.09 Å². The van der Waals surface area contributed by atoms with E-state index in [1.807, 2.05) is 0 Å². The molecule has 0 radical (unpaired) electrons. The van der Waals surface area contributed by atoms with Crippen LogP contribution in [0.2, 0.25) is 0 Å². The highest BCUT2D eigenvalue weighted by atomic mass is 16.6. The number of aromatic nitrogens is 2. The van der Waals surface area contributed by atoms with Gasteiger partial charge in [-0.05, 0) is 19.3 Å². The van der Waals surface area contributed by atoms with Gasteiger partial charge in [0.25, 0.3) is 0 Å². The Bertz CT molecular complexity index is 342. The van der Waals surface area contributed by atoms with E-state index in [9.17, 15) is 4.79 Å². The van der Waals surface area contributed by atoms with Crippen molar-refractivity contribution < 1.29 is 9.53 Å². The highest BCUT2D eigenvalue weighted by molar-refractivity contribution is 5.70. The molecule has 15 heavy (non-hydrogen) atoms. The molecule has 82 valence electrons. The monoisotopic (exact) mass is 209 g/mol. The van der Waals surface area contributed by atoms with Crippen LogP contribution >= 0.6 is 0 Å². The summed E-state index contributed by atoms with van der Waals surface area (Å²) in [6.45, 7) is 1.61. The van der Waals surface area contributed by atoms with E-state index in [2.05, 4.69) is 5.10 Å². The van der Waals surface area contributed by atoms with Crippen LogP contribution in [0.4, 0.5) is 4.79 Å². The lowest BCUT2D eigenvalue weighted by Gasteiger charge is -2.25. The average molecular weight is 209 g/mol. The molecule has 1 saturated heterocycles. The fourth-order valence-corrected chi connectivity index (χ4v) is 1.69. The number of ether oxygens (including phenoxy) is 1. The number of amides is 1. The maximum atomic E-state index is 11.6. The van der Waals surface area contributed by atoms with Gasteiger partial charge in [0, 0.05) is 20.1 Å². The second-order valence-corrected chi connectivity index (χ2v) is 3.77. The molecule has 2 heterocycles. The molecule has 0 aromatic carbocycles. The van der Waals surface area contributed by atoms with Gasteiger partial charge in [0.2, 0.25) is 0 Å². The van der Waals surface area contributed by atoms with Gasteiger partial charge in [0.1, 0.15) is 0 Å². The molecule has 1 amide bonds. The highest BCUT2D eigenvalue weighted by Gasteiger charge is 2.18. The summed E-state index contributed by atoms with van der Waals surface area (Å²) in [5.41, 5.74) is 0. The zero-order valence-corrected chi connectivity index (χ0v) is 8.85. The van der Waals surface area contributed by atoms with Crippen LogP contribution in [-0.2, 0) is 7.05 Å². The number of hydrogen-bond acceptors (Lipinski definition) is 3.